The van der Waals surface area contributed by atoms with E-state index in [0.29, 0.717) is 11.3 Å². The summed E-state index contributed by atoms with van der Waals surface area (Å²) in [5, 5.41) is 0. The molecule has 2 aromatic rings. The fourth-order valence-corrected chi connectivity index (χ4v) is 2.52. The van der Waals surface area contributed by atoms with Gasteiger partial charge in [0.25, 0.3) is 10.0 Å². The molecule has 0 bridgehead atoms. The first-order valence-electron chi connectivity index (χ1n) is 5.86. The van der Waals surface area contributed by atoms with E-state index in [1.807, 2.05) is 0 Å². The van der Waals surface area contributed by atoms with Crippen molar-refractivity contribution in [3.05, 3.63) is 41.5 Å². The lowest BCUT2D eigenvalue weighted by atomic mass is 10.2. The molecule has 0 aliphatic carbocycles. The fourth-order valence-electron chi connectivity index (χ4n) is 1.52. The second-order valence-corrected chi connectivity index (χ2v) is 5.70. The van der Waals surface area contributed by atoms with Crippen LogP contribution in [0.4, 0.5) is 10.4 Å². The van der Waals surface area contributed by atoms with E-state index in [1.165, 1.54) is 12.3 Å². The molecule has 1 aromatic heterocycles. The maximum absolute atomic E-state index is 13.9. The molecule has 1 aromatic carbocycles. The van der Waals surface area contributed by atoms with Crippen LogP contribution >= 0.6 is 0 Å². The van der Waals surface area contributed by atoms with Gasteiger partial charge in [-0.1, -0.05) is 11.8 Å². The summed E-state index contributed by atoms with van der Waals surface area (Å²) < 4.78 is 44.9. The maximum atomic E-state index is 13.9. The molecule has 0 spiro atoms. The highest BCUT2D eigenvalue weighted by molar-refractivity contribution is 7.92. The Morgan fingerprint density at radius 2 is 2.24 bits per heavy atom. The molecule has 6 nitrogen and oxygen atoms in total. The molecule has 1 heterocycles. The van der Waals surface area contributed by atoms with Crippen LogP contribution in [0.25, 0.3) is 0 Å². The zero-order chi connectivity index (χ0) is 15.5. The van der Waals surface area contributed by atoms with Gasteiger partial charge in [-0.3, -0.25) is 0 Å². The molecule has 0 saturated carbocycles. The van der Waals surface area contributed by atoms with Crippen LogP contribution in [-0.2, 0) is 10.0 Å². The molecule has 110 valence electrons. The standard InChI is InChI=1S/C13H12FN3O3S/c1-9-8-20-13(16-9)17-21(18,19)12-5-4-10(3-2-6-15)7-11(12)14/h4-5,7-8H,6,15H2,1H3,(H,16,17). The number of benzene rings is 1. The van der Waals surface area contributed by atoms with Crippen molar-refractivity contribution < 1.29 is 17.2 Å². The van der Waals surface area contributed by atoms with Crippen LogP contribution in [-0.4, -0.2) is 19.9 Å². The van der Waals surface area contributed by atoms with Crippen molar-refractivity contribution in [1.82, 2.24) is 4.98 Å². The highest BCUT2D eigenvalue weighted by Gasteiger charge is 2.21. The minimum absolute atomic E-state index is 0.132. The maximum Gasteiger partial charge on any atom is 0.309 e. The Morgan fingerprint density at radius 3 is 2.81 bits per heavy atom. The van der Waals surface area contributed by atoms with E-state index in [4.69, 9.17) is 10.2 Å². The summed E-state index contributed by atoms with van der Waals surface area (Å²) in [4.78, 5) is 3.28. The van der Waals surface area contributed by atoms with E-state index in [2.05, 4.69) is 21.5 Å². The summed E-state index contributed by atoms with van der Waals surface area (Å²) in [5.41, 5.74) is 6.05. The highest BCUT2D eigenvalue weighted by atomic mass is 32.2. The minimum atomic E-state index is -4.12. The molecule has 0 aliphatic heterocycles. The normalized spacial score (nSPS) is 10.8. The summed E-state index contributed by atoms with van der Waals surface area (Å²) in [6.45, 7) is 1.76. The first kappa shape index (κ1) is 15.0. The number of halogens is 1. The van der Waals surface area contributed by atoms with Crippen molar-refractivity contribution in [2.75, 3.05) is 11.3 Å². The monoisotopic (exact) mass is 309 g/mol. The molecular formula is C13H12FN3O3S. The SMILES string of the molecule is Cc1coc(NS(=O)(=O)c2ccc(C#CCN)cc2F)n1. The van der Waals surface area contributed by atoms with E-state index < -0.39 is 20.7 Å². The third kappa shape index (κ3) is 3.59. The van der Waals surface area contributed by atoms with Gasteiger partial charge in [0.15, 0.2) is 0 Å². The molecule has 0 unspecified atom stereocenters. The van der Waals surface area contributed by atoms with E-state index >= 15 is 0 Å². The summed E-state index contributed by atoms with van der Waals surface area (Å²) >= 11 is 0. The Labute approximate surface area is 121 Å². The molecule has 8 heteroatoms. The zero-order valence-electron chi connectivity index (χ0n) is 11.1. The number of hydrogen-bond acceptors (Lipinski definition) is 5. The fraction of sp³-hybridized carbons (Fsp3) is 0.154. The van der Waals surface area contributed by atoms with Crippen LogP contribution in [0.2, 0.25) is 0 Å². The van der Waals surface area contributed by atoms with E-state index in [0.717, 1.165) is 12.1 Å². The van der Waals surface area contributed by atoms with Crippen LogP contribution in [0.5, 0.6) is 0 Å². The third-order valence-corrected chi connectivity index (χ3v) is 3.75. The van der Waals surface area contributed by atoms with Crippen LogP contribution in [0.15, 0.2) is 33.8 Å². The predicted octanol–water partition coefficient (Wildman–Crippen LogP) is 1.23. The van der Waals surface area contributed by atoms with Gasteiger partial charge < -0.3 is 10.2 Å². The molecule has 2 rings (SSSR count). The lowest BCUT2D eigenvalue weighted by Crippen LogP contribution is -2.15. The van der Waals surface area contributed by atoms with Gasteiger partial charge in [-0.05, 0) is 25.1 Å². The largest absolute Gasteiger partial charge is 0.431 e. The minimum Gasteiger partial charge on any atom is -0.431 e. The average Bonchev–Trinajstić information content (AvgIpc) is 2.80. The molecule has 3 N–H and O–H groups in total. The molecule has 0 fully saturated rings. The van der Waals surface area contributed by atoms with Gasteiger partial charge >= 0.3 is 6.01 Å². The molecule has 0 aliphatic rings. The third-order valence-electron chi connectivity index (χ3n) is 2.40. The quantitative estimate of drug-likeness (QED) is 0.831. The number of oxazole rings is 1. The Morgan fingerprint density at radius 1 is 1.48 bits per heavy atom. The number of nitrogens with zero attached hydrogens (tertiary/aromatic N) is 1. The van der Waals surface area contributed by atoms with Crippen molar-refractivity contribution >= 4 is 16.0 Å². The molecule has 0 radical (unpaired) electrons. The number of anilines is 1. The summed E-state index contributed by atoms with van der Waals surface area (Å²) in [6.07, 6.45) is 1.28. The lowest BCUT2D eigenvalue weighted by Gasteiger charge is -2.05. The molecule has 0 saturated heterocycles. The van der Waals surface area contributed by atoms with Crippen LogP contribution in [0, 0.1) is 24.6 Å². The van der Waals surface area contributed by atoms with Crippen molar-refractivity contribution in [3.8, 4) is 11.8 Å². The number of aryl methyl sites for hydroxylation is 1. The highest BCUT2D eigenvalue weighted by Crippen LogP contribution is 2.19. The number of nitrogens with two attached hydrogens (primary N) is 1. The van der Waals surface area contributed by atoms with Gasteiger partial charge in [0, 0.05) is 5.56 Å². The van der Waals surface area contributed by atoms with E-state index in [-0.39, 0.29) is 12.6 Å². The summed E-state index contributed by atoms with van der Waals surface area (Å²) in [6, 6.07) is 3.31. The number of rotatable bonds is 3. The first-order chi connectivity index (χ1) is 9.92. The van der Waals surface area contributed by atoms with E-state index in [9.17, 15) is 12.8 Å². The Bertz CT molecular complexity index is 819. The van der Waals surface area contributed by atoms with Gasteiger partial charge in [0.1, 0.15) is 17.0 Å². The number of nitrogens with one attached hydrogen (secondary N) is 1. The van der Waals surface area contributed by atoms with Crippen molar-refractivity contribution in [1.29, 1.82) is 0 Å². The van der Waals surface area contributed by atoms with Gasteiger partial charge in [-0.15, -0.1) is 0 Å². The average molecular weight is 309 g/mol. The van der Waals surface area contributed by atoms with Crippen molar-refractivity contribution in [3.63, 3.8) is 0 Å². The number of sulfonamides is 1. The predicted molar refractivity (Wildman–Crippen MR) is 74.4 cm³/mol. The topological polar surface area (TPSA) is 98.2 Å². The molecule has 0 atom stereocenters. The summed E-state index contributed by atoms with van der Waals surface area (Å²) in [5.74, 6) is 4.25. The van der Waals surface area contributed by atoms with Gasteiger partial charge in [0.2, 0.25) is 0 Å². The summed E-state index contributed by atoms with van der Waals surface area (Å²) in [7, 11) is -4.12. The Hall–Kier alpha value is -2.37. The number of aromatic nitrogens is 1. The van der Waals surface area contributed by atoms with Crippen molar-refractivity contribution in [2.45, 2.75) is 11.8 Å². The smallest absolute Gasteiger partial charge is 0.309 e. The van der Waals surface area contributed by atoms with Gasteiger partial charge in [-0.25, -0.2) is 17.5 Å². The van der Waals surface area contributed by atoms with E-state index in [1.54, 1.807) is 6.92 Å². The van der Waals surface area contributed by atoms with Crippen LogP contribution in [0.3, 0.4) is 0 Å². The Balaban J connectivity index is 2.32. The second-order valence-electron chi connectivity index (χ2n) is 4.05. The number of hydrogen-bond donors (Lipinski definition) is 2. The zero-order valence-corrected chi connectivity index (χ0v) is 11.9. The van der Waals surface area contributed by atoms with Crippen LogP contribution in [0.1, 0.15) is 11.3 Å². The lowest BCUT2D eigenvalue weighted by molar-refractivity contribution is 0.559. The van der Waals surface area contributed by atoms with Crippen LogP contribution < -0.4 is 10.5 Å². The molecule has 21 heavy (non-hydrogen) atoms. The Kier molecular flexibility index (Phi) is 4.26. The first-order valence-corrected chi connectivity index (χ1v) is 7.34. The van der Waals surface area contributed by atoms with Crippen molar-refractivity contribution in [2.24, 2.45) is 5.73 Å². The molecule has 0 amide bonds. The van der Waals surface area contributed by atoms with Gasteiger partial charge in [-0.2, -0.15) is 4.98 Å². The van der Waals surface area contributed by atoms with Gasteiger partial charge in [0.05, 0.1) is 12.2 Å². The molecular weight excluding hydrogens is 297 g/mol. The second kappa shape index (κ2) is 5.95.